The van der Waals surface area contributed by atoms with Gasteiger partial charge in [0.05, 0.1) is 0 Å². The van der Waals surface area contributed by atoms with Crippen molar-refractivity contribution >= 4 is 12.1 Å². The van der Waals surface area contributed by atoms with Crippen molar-refractivity contribution in [2.75, 3.05) is 4.90 Å². The number of benzene rings is 1. The van der Waals surface area contributed by atoms with E-state index in [1.165, 1.54) is 0 Å². The van der Waals surface area contributed by atoms with Gasteiger partial charge in [0, 0.05) is 18.3 Å². The molecule has 1 aromatic carbocycles. The van der Waals surface area contributed by atoms with Crippen LogP contribution in [0.4, 0.5) is 5.69 Å². The predicted octanol–water partition coefficient (Wildman–Crippen LogP) is 1.27. The third-order valence-corrected chi connectivity index (χ3v) is 2.52. The fraction of sp³-hybridized carbons (Fsp3) is 0.364. The topological polar surface area (TPSA) is 46.3 Å². The Morgan fingerprint density at radius 2 is 2.00 bits per heavy atom. The third kappa shape index (κ3) is 1.77. The predicted molar refractivity (Wildman–Crippen MR) is 55.9 cm³/mol. The highest BCUT2D eigenvalue weighted by Gasteiger charge is 2.28. The van der Waals surface area contributed by atoms with E-state index in [1.807, 2.05) is 24.3 Å². The van der Waals surface area contributed by atoms with E-state index >= 15 is 0 Å². The number of nitrogens with zero attached hydrogens (tertiary/aromatic N) is 1. The molecule has 2 N–H and O–H groups in total. The molecule has 1 aromatic rings. The van der Waals surface area contributed by atoms with Gasteiger partial charge in [0.2, 0.25) is 6.41 Å². The van der Waals surface area contributed by atoms with E-state index < -0.39 is 0 Å². The number of anilines is 1. The number of hydrogen-bond acceptors (Lipinski definition) is 2. The number of hydrogen-bond donors (Lipinski definition) is 1. The monoisotopic (exact) mass is 190 g/mol. The molecule has 14 heavy (non-hydrogen) atoms. The second-order valence-electron chi connectivity index (χ2n) is 3.61. The van der Waals surface area contributed by atoms with E-state index in [0.29, 0.717) is 12.6 Å². The van der Waals surface area contributed by atoms with Crippen molar-refractivity contribution in [3.63, 3.8) is 0 Å². The molecule has 0 atom stereocenters. The molecule has 1 saturated carbocycles. The molecule has 2 rings (SSSR count). The van der Waals surface area contributed by atoms with Gasteiger partial charge in [-0.25, -0.2) is 0 Å². The molecule has 3 nitrogen and oxygen atoms in total. The quantitative estimate of drug-likeness (QED) is 0.727. The average Bonchev–Trinajstić information content (AvgIpc) is 3.04. The van der Waals surface area contributed by atoms with Crippen LogP contribution in [0, 0.1) is 0 Å². The van der Waals surface area contributed by atoms with E-state index in [0.717, 1.165) is 30.5 Å². The third-order valence-electron chi connectivity index (χ3n) is 2.52. The second-order valence-corrected chi connectivity index (χ2v) is 3.61. The summed E-state index contributed by atoms with van der Waals surface area (Å²) in [7, 11) is 0. The second kappa shape index (κ2) is 3.80. The van der Waals surface area contributed by atoms with Crippen molar-refractivity contribution in [2.24, 2.45) is 5.73 Å². The van der Waals surface area contributed by atoms with Crippen LogP contribution in [-0.2, 0) is 11.3 Å². The minimum Gasteiger partial charge on any atom is -0.326 e. The van der Waals surface area contributed by atoms with Gasteiger partial charge in [-0.3, -0.25) is 4.79 Å². The maximum atomic E-state index is 10.8. The highest BCUT2D eigenvalue weighted by atomic mass is 16.1. The van der Waals surface area contributed by atoms with Crippen molar-refractivity contribution in [3.05, 3.63) is 29.8 Å². The Hall–Kier alpha value is -1.35. The highest BCUT2D eigenvalue weighted by Crippen LogP contribution is 2.30. The highest BCUT2D eigenvalue weighted by molar-refractivity contribution is 5.76. The Balaban J connectivity index is 2.17. The van der Waals surface area contributed by atoms with Crippen LogP contribution in [0.3, 0.4) is 0 Å². The first kappa shape index (κ1) is 9.21. The molecule has 0 aliphatic heterocycles. The van der Waals surface area contributed by atoms with Gasteiger partial charge >= 0.3 is 0 Å². The van der Waals surface area contributed by atoms with Crippen molar-refractivity contribution in [2.45, 2.75) is 25.4 Å². The number of rotatable bonds is 4. The zero-order chi connectivity index (χ0) is 9.97. The van der Waals surface area contributed by atoms with Crippen LogP contribution in [0.15, 0.2) is 24.3 Å². The first-order valence-corrected chi connectivity index (χ1v) is 4.88. The molecule has 0 radical (unpaired) electrons. The van der Waals surface area contributed by atoms with Crippen molar-refractivity contribution < 1.29 is 4.79 Å². The lowest BCUT2D eigenvalue weighted by Gasteiger charge is -2.16. The van der Waals surface area contributed by atoms with Gasteiger partial charge < -0.3 is 10.6 Å². The number of carbonyl (C=O) groups is 1. The summed E-state index contributed by atoms with van der Waals surface area (Å²) in [4.78, 5) is 12.6. The van der Waals surface area contributed by atoms with E-state index in [9.17, 15) is 4.79 Å². The van der Waals surface area contributed by atoms with Crippen LogP contribution >= 0.6 is 0 Å². The zero-order valence-corrected chi connectivity index (χ0v) is 8.02. The summed E-state index contributed by atoms with van der Waals surface area (Å²) in [5.41, 5.74) is 7.56. The van der Waals surface area contributed by atoms with E-state index in [2.05, 4.69) is 0 Å². The zero-order valence-electron chi connectivity index (χ0n) is 8.02. The molecule has 0 heterocycles. The Kier molecular flexibility index (Phi) is 2.50. The Labute approximate surface area is 83.5 Å². The van der Waals surface area contributed by atoms with Gasteiger partial charge in [0.25, 0.3) is 0 Å². The van der Waals surface area contributed by atoms with Gasteiger partial charge in [0.15, 0.2) is 0 Å². The molecular weight excluding hydrogens is 176 g/mol. The van der Waals surface area contributed by atoms with Gasteiger partial charge in [-0.15, -0.1) is 0 Å². The van der Waals surface area contributed by atoms with Crippen molar-refractivity contribution in [1.29, 1.82) is 0 Å². The van der Waals surface area contributed by atoms with Crippen LogP contribution in [0.5, 0.6) is 0 Å². The van der Waals surface area contributed by atoms with Crippen molar-refractivity contribution in [3.8, 4) is 0 Å². The standard InChI is InChI=1S/C11H14N2O/c12-7-9-1-3-10(4-2-9)13(8-14)11-5-6-11/h1-4,8,11H,5-7,12H2. The molecule has 1 aliphatic carbocycles. The molecule has 74 valence electrons. The first-order valence-electron chi connectivity index (χ1n) is 4.88. The lowest BCUT2D eigenvalue weighted by molar-refractivity contribution is -0.107. The maximum absolute atomic E-state index is 10.8. The van der Waals surface area contributed by atoms with E-state index in [1.54, 1.807) is 4.90 Å². The van der Waals surface area contributed by atoms with E-state index in [4.69, 9.17) is 5.73 Å². The fourth-order valence-electron chi connectivity index (χ4n) is 1.51. The molecule has 0 unspecified atom stereocenters. The molecule has 0 aromatic heterocycles. The van der Waals surface area contributed by atoms with E-state index in [-0.39, 0.29) is 0 Å². The molecule has 0 spiro atoms. The summed E-state index contributed by atoms with van der Waals surface area (Å²) in [6.45, 7) is 0.546. The van der Waals surface area contributed by atoms with Gasteiger partial charge in [0.1, 0.15) is 0 Å². The van der Waals surface area contributed by atoms with Crippen molar-refractivity contribution in [1.82, 2.24) is 0 Å². The summed E-state index contributed by atoms with van der Waals surface area (Å²) in [5.74, 6) is 0. The molecule has 1 amide bonds. The van der Waals surface area contributed by atoms with Crippen LogP contribution < -0.4 is 10.6 Å². The molecule has 1 fully saturated rings. The number of amides is 1. The summed E-state index contributed by atoms with van der Waals surface area (Å²) < 4.78 is 0. The first-order chi connectivity index (χ1) is 6.85. The Morgan fingerprint density at radius 1 is 1.36 bits per heavy atom. The SMILES string of the molecule is NCc1ccc(N(C=O)C2CC2)cc1. The smallest absolute Gasteiger partial charge is 0.214 e. The molecule has 3 heteroatoms. The molecular formula is C11H14N2O. The number of nitrogens with two attached hydrogens (primary N) is 1. The minimum atomic E-state index is 0.427. The summed E-state index contributed by atoms with van der Waals surface area (Å²) in [6.07, 6.45) is 3.16. The Morgan fingerprint density at radius 3 is 2.43 bits per heavy atom. The van der Waals surface area contributed by atoms with Gasteiger partial charge in [-0.05, 0) is 30.5 Å². The average molecular weight is 190 g/mol. The van der Waals surface area contributed by atoms with Gasteiger partial charge in [-0.1, -0.05) is 12.1 Å². The normalized spacial score (nSPS) is 15.2. The molecule has 0 bridgehead atoms. The largest absolute Gasteiger partial charge is 0.326 e. The minimum absolute atomic E-state index is 0.427. The van der Waals surface area contributed by atoms with Gasteiger partial charge in [-0.2, -0.15) is 0 Å². The van der Waals surface area contributed by atoms with Crippen LogP contribution in [0.1, 0.15) is 18.4 Å². The van der Waals surface area contributed by atoms with Crippen LogP contribution in [0.25, 0.3) is 0 Å². The number of carbonyl (C=O) groups excluding carboxylic acids is 1. The van der Waals surface area contributed by atoms with Crippen LogP contribution in [0.2, 0.25) is 0 Å². The lowest BCUT2D eigenvalue weighted by Crippen LogP contribution is -2.23. The fourth-order valence-corrected chi connectivity index (χ4v) is 1.51. The summed E-state index contributed by atoms with van der Waals surface area (Å²) >= 11 is 0. The molecule has 0 saturated heterocycles. The Bertz CT molecular complexity index is 317. The summed E-state index contributed by atoms with van der Waals surface area (Å²) in [6, 6.07) is 8.27. The maximum Gasteiger partial charge on any atom is 0.214 e. The molecule has 1 aliphatic rings. The summed E-state index contributed by atoms with van der Waals surface area (Å²) in [5, 5.41) is 0. The lowest BCUT2D eigenvalue weighted by atomic mass is 10.2. The van der Waals surface area contributed by atoms with Crippen LogP contribution in [-0.4, -0.2) is 12.5 Å².